The first-order valence-corrected chi connectivity index (χ1v) is 11.1. The highest BCUT2D eigenvalue weighted by Gasteiger charge is 2.24. The number of methoxy groups -OCH3 is 1. The van der Waals surface area contributed by atoms with E-state index in [0.29, 0.717) is 28.7 Å². The van der Waals surface area contributed by atoms with E-state index in [9.17, 15) is 9.59 Å². The van der Waals surface area contributed by atoms with Crippen molar-refractivity contribution >= 4 is 52.2 Å². The van der Waals surface area contributed by atoms with Gasteiger partial charge in [-0.25, -0.2) is 5.43 Å². The number of hydrogen-bond acceptors (Lipinski definition) is 5. The first-order chi connectivity index (χ1) is 14.8. The highest BCUT2D eigenvalue weighted by atomic mass is 127. The summed E-state index contributed by atoms with van der Waals surface area (Å²) in [4.78, 5) is 25.1. The van der Waals surface area contributed by atoms with Crippen molar-refractivity contribution in [3.8, 4) is 11.5 Å². The maximum Gasteiger partial charge on any atom is 0.262 e. The molecule has 0 spiro atoms. The molecule has 2 rings (SSSR count). The highest BCUT2D eigenvalue weighted by molar-refractivity contribution is 14.1. The average Bonchev–Trinajstić information content (AvgIpc) is 2.72. The van der Waals surface area contributed by atoms with Crippen LogP contribution in [0.15, 0.2) is 41.5 Å². The molecule has 2 aromatic rings. The molecule has 9 heteroatoms. The van der Waals surface area contributed by atoms with E-state index < -0.39 is 11.9 Å². The number of amides is 2. The number of hydrogen-bond donors (Lipinski definition) is 2. The Morgan fingerprint density at radius 2 is 1.90 bits per heavy atom. The first-order valence-electron chi connectivity index (χ1n) is 9.66. The van der Waals surface area contributed by atoms with E-state index in [-0.39, 0.29) is 11.8 Å². The third kappa shape index (κ3) is 7.10. The molecule has 0 saturated carbocycles. The van der Waals surface area contributed by atoms with E-state index in [2.05, 4.69) is 38.4 Å². The van der Waals surface area contributed by atoms with Crippen molar-refractivity contribution in [3.63, 3.8) is 0 Å². The molecule has 0 radical (unpaired) electrons. The van der Waals surface area contributed by atoms with Crippen LogP contribution in [0.2, 0.25) is 5.02 Å². The Balaban J connectivity index is 2.08. The van der Waals surface area contributed by atoms with Crippen molar-refractivity contribution in [1.82, 2.24) is 10.7 Å². The number of nitrogens with one attached hydrogen (secondary N) is 2. The van der Waals surface area contributed by atoms with Crippen molar-refractivity contribution in [1.29, 1.82) is 0 Å². The van der Waals surface area contributed by atoms with Gasteiger partial charge in [-0.1, -0.05) is 25.4 Å². The van der Waals surface area contributed by atoms with Gasteiger partial charge in [-0.05, 0) is 77.4 Å². The maximum atomic E-state index is 12.6. The average molecular weight is 558 g/mol. The standard InChI is InChI=1S/C22H25ClIN3O4/c1-5-31-18-11-14(10-17(24)20(18)30-4)12-25-27-22(29)19(13(2)3)26-21(28)15-6-8-16(23)9-7-15/h6-13,19H,5H2,1-4H3,(H,26,28)(H,27,29)/b25-12+. The smallest absolute Gasteiger partial charge is 0.262 e. The van der Waals surface area contributed by atoms with E-state index in [1.165, 1.54) is 6.21 Å². The molecule has 0 aliphatic heterocycles. The fourth-order valence-corrected chi connectivity index (χ4v) is 3.70. The van der Waals surface area contributed by atoms with Gasteiger partial charge < -0.3 is 14.8 Å². The number of carbonyl (C=O) groups excluding carboxylic acids is 2. The fourth-order valence-electron chi connectivity index (χ4n) is 2.72. The van der Waals surface area contributed by atoms with Crippen LogP contribution in [-0.2, 0) is 4.79 Å². The summed E-state index contributed by atoms with van der Waals surface area (Å²) in [5, 5.41) is 7.32. The lowest BCUT2D eigenvalue weighted by atomic mass is 10.0. The second-order valence-electron chi connectivity index (χ2n) is 6.90. The van der Waals surface area contributed by atoms with Crippen molar-refractivity contribution in [2.45, 2.75) is 26.8 Å². The summed E-state index contributed by atoms with van der Waals surface area (Å²) in [5.41, 5.74) is 3.65. The molecule has 166 valence electrons. The van der Waals surface area contributed by atoms with Crippen LogP contribution >= 0.6 is 34.2 Å². The molecule has 0 fully saturated rings. The van der Waals surface area contributed by atoms with E-state index >= 15 is 0 Å². The van der Waals surface area contributed by atoms with Crippen LogP contribution in [0.5, 0.6) is 11.5 Å². The van der Waals surface area contributed by atoms with Crippen LogP contribution in [-0.4, -0.2) is 37.8 Å². The van der Waals surface area contributed by atoms with E-state index in [0.717, 1.165) is 9.13 Å². The molecule has 2 aromatic carbocycles. The van der Waals surface area contributed by atoms with Gasteiger partial charge in [0.1, 0.15) is 6.04 Å². The molecule has 7 nitrogen and oxygen atoms in total. The van der Waals surface area contributed by atoms with Crippen LogP contribution in [0.25, 0.3) is 0 Å². The van der Waals surface area contributed by atoms with E-state index in [1.54, 1.807) is 37.4 Å². The number of nitrogens with zero attached hydrogens (tertiary/aromatic N) is 1. The SMILES string of the molecule is CCOc1cc(/C=N/NC(=O)C(NC(=O)c2ccc(Cl)cc2)C(C)C)cc(I)c1OC. The second kappa shape index (κ2) is 11.9. The molecule has 1 unspecified atom stereocenters. The molecule has 0 saturated heterocycles. The molecule has 0 aliphatic carbocycles. The summed E-state index contributed by atoms with van der Waals surface area (Å²) in [6.07, 6.45) is 1.51. The van der Waals surface area contributed by atoms with Gasteiger partial charge in [0, 0.05) is 10.6 Å². The number of hydrazone groups is 1. The molecule has 0 heterocycles. The normalized spacial score (nSPS) is 12.0. The molecule has 2 N–H and O–H groups in total. The van der Waals surface area contributed by atoms with Crippen LogP contribution in [0.1, 0.15) is 36.7 Å². The zero-order valence-electron chi connectivity index (χ0n) is 17.7. The van der Waals surface area contributed by atoms with E-state index in [1.807, 2.05) is 26.8 Å². The van der Waals surface area contributed by atoms with Crippen molar-refractivity contribution in [2.24, 2.45) is 11.0 Å². The van der Waals surface area contributed by atoms with Crippen molar-refractivity contribution in [3.05, 3.63) is 56.1 Å². The molecule has 2 amide bonds. The summed E-state index contributed by atoms with van der Waals surface area (Å²) in [6, 6.07) is 9.34. The lowest BCUT2D eigenvalue weighted by Crippen LogP contribution is -2.48. The molecular formula is C22H25ClIN3O4. The number of halogens is 2. The van der Waals surface area contributed by atoms with Crippen LogP contribution in [0.3, 0.4) is 0 Å². The molecule has 0 aliphatic rings. The van der Waals surface area contributed by atoms with E-state index in [4.69, 9.17) is 21.1 Å². The van der Waals surface area contributed by atoms with Gasteiger partial charge in [-0.15, -0.1) is 0 Å². The van der Waals surface area contributed by atoms with Gasteiger partial charge in [0.05, 0.1) is 23.5 Å². The largest absolute Gasteiger partial charge is 0.492 e. The summed E-state index contributed by atoms with van der Waals surface area (Å²) in [5.74, 6) is 0.327. The topological polar surface area (TPSA) is 89.0 Å². The number of ether oxygens (including phenoxy) is 2. The summed E-state index contributed by atoms with van der Waals surface area (Å²) in [7, 11) is 1.58. The predicted octanol–water partition coefficient (Wildman–Crippen LogP) is 4.26. The van der Waals surface area contributed by atoms with Gasteiger partial charge in [-0.3, -0.25) is 9.59 Å². The van der Waals surface area contributed by atoms with Gasteiger partial charge in [0.2, 0.25) is 0 Å². The Bertz CT molecular complexity index is 949. The lowest BCUT2D eigenvalue weighted by Gasteiger charge is -2.20. The quantitative estimate of drug-likeness (QED) is 0.274. The third-order valence-corrected chi connectivity index (χ3v) is 5.32. The molecular weight excluding hydrogens is 533 g/mol. The third-order valence-electron chi connectivity index (χ3n) is 4.27. The minimum atomic E-state index is -0.754. The first kappa shape index (κ1) is 24.9. The summed E-state index contributed by atoms with van der Waals surface area (Å²) >= 11 is 8.00. The predicted molar refractivity (Wildman–Crippen MR) is 130 cm³/mol. The number of rotatable bonds is 9. The Kier molecular flexibility index (Phi) is 9.57. The van der Waals surface area contributed by atoms with Crippen LogP contribution < -0.4 is 20.2 Å². The van der Waals surface area contributed by atoms with Crippen LogP contribution in [0, 0.1) is 9.49 Å². The van der Waals surface area contributed by atoms with Gasteiger partial charge >= 0.3 is 0 Å². The monoisotopic (exact) mass is 557 g/mol. The Labute approximate surface area is 200 Å². The number of benzene rings is 2. The van der Waals surface area contributed by atoms with Gasteiger partial charge in [0.15, 0.2) is 11.5 Å². The fraction of sp³-hybridized carbons (Fsp3) is 0.318. The molecule has 0 aromatic heterocycles. The van der Waals surface area contributed by atoms with Gasteiger partial charge in [-0.2, -0.15) is 5.10 Å². The zero-order valence-corrected chi connectivity index (χ0v) is 20.7. The number of carbonyl (C=O) groups is 2. The minimum absolute atomic E-state index is 0.141. The van der Waals surface area contributed by atoms with Crippen molar-refractivity contribution in [2.75, 3.05) is 13.7 Å². The molecule has 31 heavy (non-hydrogen) atoms. The second-order valence-corrected chi connectivity index (χ2v) is 8.50. The van der Waals surface area contributed by atoms with Gasteiger partial charge in [0.25, 0.3) is 11.8 Å². The molecule has 1 atom stereocenters. The Morgan fingerprint density at radius 3 is 2.48 bits per heavy atom. The Morgan fingerprint density at radius 1 is 1.23 bits per heavy atom. The van der Waals surface area contributed by atoms with Crippen molar-refractivity contribution < 1.29 is 19.1 Å². The maximum absolute atomic E-state index is 12.6. The Hall–Kier alpha value is -2.33. The summed E-state index contributed by atoms with van der Waals surface area (Å²) in [6.45, 7) is 6.07. The van der Waals surface area contributed by atoms with Crippen LogP contribution in [0.4, 0.5) is 0 Å². The minimum Gasteiger partial charge on any atom is -0.492 e. The lowest BCUT2D eigenvalue weighted by molar-refractivity contribution is -0.123. The summed E-state index contributed by atoms with van der Waals surface area (Å²) < 4.78 is 11.8. The highest BCUT2D eigenvalue weighted by Crippen LogP contribution is 2.33. The molecule has 0 bridgehead atoms. The zero-order chi connectivity index (χ0) is 23.0.